The van der Waals surface area contributed by atoms with E-state index in [0.29, 0.717) is 0 Å². The number of hydrogen-bond donors (Lipinski definition) is 0. The lowest BCUT2D eigenvalue weighted by Gasteiger charge is -2.10. The van der Waals surface area contributed by atoms with Crippen LogP contribution in [0.25, 0.3) is 0 Å². The molecule has 58 valence electrons. The third-order valence-electron chi connectivity index (χ3n) is 1.39. The van der Waals surface area contributed by atoms with Crippen LogP contribution in [0.2, 0.25) is 0 Å². The Morgan fingerprint density at radius 1 is 1.70 bits per heavy atom. The number of hydrogen-bond acceptors (Lipinski definition) is 2. The highest BCUT2D eigenvalue weighted by atomic mass is 79.9. The predicted octanol–water partition coefficient (Wildman–Crippen LogP) is 1.95. The molecule has 0 N–H and O–H groups in total. The van der Waals surface area contributed by atoms with Crippen molar-refractivity contribution in [2.24, 2.45) is 5.92 Å². The Labute approximate surface area is 70.3 Å². The minimum Gasteiger partial charge on any atom is -0.382 e. The minimum absolute atomic E-state index is 0.0787. The summed E-state index contributed by atoms with van der Waals surface area (Å²) in [5.74, 6) is 0.0787. The average Bonchev–Trinajstić information content (AvgIpc) is 1.99. The maximum atomic E-state index is 8.53. The molecule has 2 nitrogen and oxygen atoms in total. The van der Waals surface area contributed by atoms with Crippen LogP contribution in [0.4, 0.5) is 0 Å². The second-order valence-electron chi connectivity index (χ2n) is 2.26. The van der Waals surface area contributed by atoms with Gasteiger partial charge >= 0.3 is 0 Å². The number of ether oxygens (including phenoxy) is 1. The first-order chi connectivity index (χ1) is 4.74. The van der Waals surface area contributed by atoms with Crippen LogP contribution < -0.4 is 0 Å². The van der Waals surface area contributed by atoms with Gasteiger partial charge in [0.05, 0.1) is 18.1 Å². The second kappa shape index (κ2) is 5.70. The van der Waals surface area contributed by atoms with Crippen LogP contribution >= 0.6 is 15.9 Å². The summed E-state index contributed by atoms with van der Waals surface area (Å²) in [6, 6.07) is 2.19. The molecule has 0 amide bonds. The molecule has 2 atom stereocenters. The van der Waals surface area contributed by atoms with Crippen LogP contribution in [-0.2, 0) is 4.74 Å². The summed E-state index contributed by atoms with van der Waals surface area (Å²) in [7, 11) is 1.66. The quantitative estimate of drug-likeness (QED) is 0.658. The molecule has 2 unspecified atom stereocenters. The van der Waals surface area contributed by atoms with Gasteiger partial charge in [0, 0.05) is 12.4 Å². The molecular formula is C7H12BrNO. The lowest BCUT2D eigenvalue weighted by molar-refractivity contribution is 0.104. The Bertz CT molecular complexity index is 121. The molecule has 0 aromatic heterocycles. The number of alkyl halides is 1. The number of nitriles is 1. The van der Waals surface area contributed by atoms with Gasteiger partial charge in [-0.3, -0.25) is 0 Å². The predicted molar refractivity (Wildman–Crippen MR) is 44.0 cm³/mol. The molecule has 0 aliphatic rings. The zero-order valence-electron chi connectivity index (χ0n) is 6.30. The standard InChI is InChI=1S/C7H12BrNO/c1-6(10-2)3-7(4-8)5-9/h6-7H,3-4H2,1-2H3. The summed E-state index contributed by atoms with van der Waals surface area (Å²) in [4.78, 5) is 0. The van der Waals surface area contributed by atoms with Crippen molar-refractivity contribution in [2.45, 2.75) is 19.4 Å². The van der Waals surface area contributed by atoms with Crippen LogP contribution in [0, 0.1) is 17.2 Å². The van der Waals surface area contributed by atoms with Crippen LogP contribution in [0.5, 0.6) is 0 Å². The van der Waals surface area contributed by atoms with Gasteiger partial charge < -0.3 is 4.74 Å². The maximum absolute atomic E-state index is 8.53. The summed E-state index contributed by atoms with van der Waals surface area (Å²) in [6.45, 7) is 1.97. The van der Waals surface area contributed by atoms with Crippen LogP contribution in [0.1, 0.15) is 13.3 Å². The smallest absolute Gasteiger partial charge is 0.0665 e. The van der Waals surface area contributed by atoms with E-state index in [2.05, 4.69) is 22.0 Å². The molecule has 0 saturated heterocycles. The first-order valence-corrected chi connectivity index (χ1v) is 4.35. The number of nitrogens with zero attached hydrogens (tertiary/aromatic N) is 1. The van der Waals surface area contributed by atoms with Gasteiger partial charge in [0.25, 0.3) is 0 Å². The monoisotopic (exact) mass is 205 g/mol. The Balaban J connectivity index is 3.54. The topological polar surface area (TPSA) is 33.0 Å². The molecule has 0 rings (SSSR count). The maximum Gasteiger partial charge on any atom is 0.0665 e. The summed E-state index contributed by atoms with van der Waals surface area (Å²) in [5.41, 5.74) is 0. The van der Waals surface area contributed by atoms with E-state index in [1.165, 1.54) is 0 Å². The van der Waals surface area contributed by atoms with Crippen molar-refractivity contribution in [2.75, 3.05) is 12.4 Å². The zero-order valence-corrected chi connectivity index (χ0v) is 7.89. The van der Waals surface area contributed by atoms with E-state index in [9.17, 15) is 0 Å². The second-order valence-corrected chi connectivity index (χ2v) is 2.91. The highest BCUT2D eigenvalue weighted by Gasteiger charge is 2.09. The molecule has 0 aromatic rings. The summed E-state index contributed by atoms with van der Waals surface area (Å²) in [6.07, 6.45) is 0.986. The van der Waals surface area contributed by atoms with Gasteiger partial charge in [-0.05, 0) is 13.3 Å². The van der Waals surface area contributed by atoms with Gasteiger partial charge in [0.1, 0.15) is 0 Å². The van der Waals surface area contributed by atoms with Crippen LogP contribution in [0.3, 0.4) is 0 Å². The van der Waals surface area contributed by atoms with Gasteiger partial charge in [-0.1, -0.05) is 15.9 Å². The van der Waals surface area contributed by atoms with Crippen molar-refractivity contribution in [3.05, 3.63) is 0 Å². The van der Waals surface area contributed by atoms with Gasteiger partial charge in [0.15, 0.2) is 0 Å². The zero-order chi connectivity index (χ0) is 7.98. The molecule has 0 fully saturated rings. The van der Waals surface area contributed by atoms with E-state index in [1.807, 2.05) is 6.92 Å². The van der Waals surface area contributed by atoms with Gasteiger partial charge in [0.2, 0.25) is 0 Å². The lowest BCUT2D eigenvalue weighted by Crippen LogP contribution is -2.11. The lowest BCUT2D eigenvalue weighted by atomic mass is 10.1. The summed E-state index contributed by atoms with van der Waals surface area (Å²) >= 11 is 3.26. The van der Waals surface area contributed by atoms with Crippen molar-refractivity contribution < 1.29 is 4.74 Å². The molecule has 0 saturated carbocycles. The fourth-order valence-electron chi connectivity index (χ4n) is 0.647. The van der Waals surface area contributed by atoms with Crippen LogP contribution in [-0.4, -0.2) is 18.5 Å². The fraction of sp³-hybridized carbons (Fsp3) is 0.857. The van der Waals surface area contributed by atoms with Crippen molar-refractivity contribution in [3.63, 3.8) is 0 Å². The Morgan fingerprint density at radius 3 is 2.60 bits per heavy atom. The fourth-order valence-corrected chi connectivity index (χ4v) is 1.06. The molecule has 0 spiro atoms. The van der Waals surface area contributed by atoms with E-state index in [1.54, 1.807) is 7.11 Å². The van der Waals surface area contributed by atoms with Gasteiger partial charge in [-0.15, -0.1) is 0 Å². The molecule has 0 heterocycles. The molecule has 0 aliphatic carbocycles. The third kappa shape index (κ3) is 3.86. The average molecular weight is 206 g/mol. The Hall–Kier alpha value is -0.0700. The molecule has 3 heteroatoms. The van der Waals surface area contributed by atoms with E-state index >= 15 is 0 Å². The van der Waals surface area contributed by atoms with Gasteiger partial charge in [-0.25, -0.2) is 0 Å². The van der Waals surface area contributed by atoms with Crippen molar-refractivity contribution in [1.82, 2.24) is 0 Å². The number of rotatable bonds is 4. The molecular weight excluding hydrogens is 194 g/mol. The first-order valence-electron chi connectivity index (χ1n) is 3.23. The molecule has 10 heavy (non-hydrogen) atoms. The number of halogens is 1. The van der Waals surface area contributed by atoms with Crippen LogP contribution in [0.15, 0.2) is 0 Å². The molecule has 0 aromatic carbocycles. The summed E-state index contributed by atoms with van der Waals surface area (Å²) in [5, 5.41) is 9.27. The van der Waals surface area contributed by atoms with Crippen molar-refractivity contribution >= 4 is 15.9 Å². The van der Waals surface area contributed by atoms with Gasteiger partial charge in [-0.2, -0.15) is 5.26 Å². The van der Waals surface area contributed by atoms with E-state index in [4.69, 9.17) is 10.00 Å². The largest absolute Gasteiger partial charge is 0.382 e. The molecule has 0 bridgehead atoms. The van der Waals surface area contributed by atoms with Crippen molar-refractivity contribution in [3.8, 4) is 6.07 Å². The minimum atomic E-state index is 0.0787. The normalized spacial score (nSPS) is 15.8. The highest BCUT2D eigenvalue weighted by Crippen LogP contribution is 2.09. The Morgan fingerprint density at radius 2 is 2.30 bits per heavy atom. The highest BCUT2D eigenvalue weighted by molar-refractivity contribution is 9.09. The SMILES string of the molecule is COC(C)CC(C#N)CBr. The van der Waals surface area contributed by atoms with Crippen molar-refractivity contribution in [1.29, 1.82) is 5.26 Å². The first kappa shape index (κ1) is 9.93. The van der Waals surface area contributed by atoms with E-state index < -0.39 is 0 Å². The molecule has 0 aliphatic heterocycles. The third-order valence-corrected chi connectivity index (χ3v) is 2.17. The number of methoxy groups -OCH3 is 1. The van der Waals surface area contributed by atoms with E-state index in [-0.39, 0.29) is 12.0 Å². The Kier molecular flexibility index (Phi) is 5.66. The van der Waals surface area contributed by atoms with E-state index in [0.717, 1.165) is 11.8 Å². The molecule has 0 radical (unpaired) electrons. The summed E-state index contributed by atoms with van der Waals surface area (Å²) < 4.78 is 5.01.